The van der Waals surface area contributed by atoms with E-state index in [1.165, 1.54) is 0 Å². The van der Waals surface area contributed by atoms with Crippen molar-refractivity contribution >= 4 is 16.6 Å². The highest BCUT2D eigenvalue weighted by atomic mass is 16.3. The first-order valence-corrected chi connectivity index (χ1v) is 4.54. The van der Waals surface area contributed by atoms with Crippen LogP contribution >= 0.6 is 0 Å². The second-order valence-electron chi connectivity index (χ2n) is 3.57. The smallest absolute Gasteiger partial charge is 0.167 e. The van der Waals surface area contributed by atoms with Crippen LogP contribution in [0.1, 0.15) is 15.9 Å². The van der Waals surface area contributed by atoms with Crippen LogP contribution in [0.15, 0.2) is 30.3 Å². The van der Waals surface area contributed by atoms with Crippen LogP contribution in [0.2, 0.25) is 0 Å². The van der Waals surface area contributed by atoms with Crippen LogP contribution in [-0.2, 0) is 6.42 Å². The van der Waals surface area contributed by atoms with Crippen molar-refractivity contribution in [1.82, 2.24) is 0 Å². The van der Waals surface area contributed by atoms with E-state index >= 15 is 0 Å². The molecule has 2 heteroatoms. The van der Waals surface area contributed by atoms with Gasteiger partial charge in [-0.3, -0.25) is 4.79 Å². The maximum absolute atomic E-state index is 11.6. The van der Waals surface area contributed by atoms with E-state index < -0.39 is 0 Å². The van der Waals surface area contributed by atoms with Crippen LogP contribution in [-0.4, -0.2) is 10.9 Å². The molecular weight excluding hydrogens is 176 g/mol. The maximum Gasteiger partial charge on any atom is 0.167 e. The van der Waals surface area contributed by atoms with Gasteiger partial charge in [0.05, 0.1) is 0 Å². The predicted octanol–water partition coefficient (Wildman–Crippen LogP) is 2.28. The minimum absolute atomic E-state index is 0.149. The summed E-state index contributed by atoms with van der Waals surface area (Å²) in [5.74, 6) is 0.400. The van der Waals surface area contributed by atoms with Crippen LogP contribution in [0.4, 0.5) is 0 Å². The second kappa shape index (κ2) is 2.35. The van der Waals surface area contributed by atoms with Gasteiger partial charge in [0.1, 0.15) is 5.75 Å². The highest BCUT2D eigenvalue weighted by Gasteiger charge is 2.22. The monoisotopic (exact) mass is 184 g/mol. The molecule has 0 bridgehead atoms. The van der Waals surface area contributed by atoms with Crippen molar-refractivity contribution in [1.29, 1.82) is 0 Å². The third-order valence-corrected chi connectivity index (χ3v) is 2.76. The molecule has 0 aliphatic heterocycles. The SMILES string of the molecule is O=C1Cc2cccc3c(O)ccc1c23. The van der Waals surface area contributed by atoms with Crippen LogP contribution in [0.3, 0.4) is 0 Å². The quantitative estimate of drug-likeness (QED) is 0.682. The summed E-state index contributed by atoms with van der Waals surface area (Å²) in [4.78, 5) is 11.6. The molecule has 68 valence electrons. The van der Waals surface area contributed by atoms with Gasteiger partial charge in [-0.15, -0.1) is 0 Å². The molecule has 0 fully saturated rings. The molecule has 0 saturated carbocycles. The number of Topliss-reactive ketones (excluding diaryl/α,β-unsaturated/α-hetero) is 1. The van der Waals surface area contributed by atoms with Gasteiger partial charge < -0.3 is 5.11 Å². The topological polar surface area (TPSA) is 37.3 Å². The van der Waals surface area contributed by atoms with Crippen molar-refractivity contribution in [3.8, 4) is 5.75 Å². The summed E-state index contributed by atoms with van der Waals surface area (Å²) in [5.41, 5.74) is 1.77. The number of ketones is 1. The third-order valence-electron chi connectivity index (χ3n) is 2.76. The van der Waals surface area contributed by atoms with Crippen molar-refractivity contribution in [3.05, 3.63) is 41.5 Å². The predicted molar refractivity (Wildman–Crippen MR) is 53.6 cm³/mol. The maximum atomic E-state index is 11.6. The zero-order valence-corrected chi connectivity index (χ0v) is 7.45. The molecule has 1 N–H and O–H groups in total. The number of carbonyl (C=O) groups excluding carboxylic acids is 1. The summed E-state index contributed by atoms with van der Waals surface area (Å²) in [6.07, 6.45) is 0.468. The van der Waals surface area contributed by atoms with Gasteiger partial charge in [0.2, 0.25) is 0 Å². The minimum Gasteiger partial charge on any atom is -0.507 e. The van der Waals surface area contributed by atoms with Gasteiger partial charge in [-0.2, -0.15) is 0 Å². The number of phenols is 1. The summed E-state index contributed by atoms with van der Waals surface area (Å²) in [7, 11) is 0. The molecule has 0 atom stereocenters. The Morgan fingerprint density at radius 3 is 2.86 bits per heavy atom. The molecule has 3 rings (SSSR count). The zero-order chi connectivity index (χ0) is 9.71. The van der Waals surface area contributed by atoms with E-state index in [-0.39, 0.29) is 11.5 Å². The van der Waals surface area contributed by atoms with Gasteiger partial charge >= 0.3 is 0 Å². The fraction of sp³-hybridized carbons (Fsp3) is 0.0833. The normalized spacial score (nSPS) is 13.9. The van der Waals surface area contributed by atoms with E-state index in [0.717, 1.165) is 21.9 Å². The highest BCUT2D eigenvalue weighted by molar-refractivity contribution is 6.16. The number of phenolic OH excluding ortho intramolecular Hbond substituents is 1. The Kier molecular flexibility index (Phi) is 1.27. The molecule has 14 heavy (non-hydrogen) atoms. The van der Waals surface area contributed by atoms with Crippen LogP contribution in [0.5, 0.6) is 5.75 Å². The molecule has 0 spiro atoms. The van der Waals surface area contributed by atoms with Gasteiger partial charge in [0.25, 0.3) is 0 Å². The van der Waals surface area contributed by atoms with Gasteiger partial charge in [-0.25, -0.2) is 0 Å². The van der Waals surface area contributed by atoms with Crippen molar-refractivity contribution in [2.24, 2.45) is 0 Å². The third kappa shape index (κ3) is 0.777. The molecule has 2 nitrogen and oxygen atoms in total. The van der Waals surface area contributed by atoms with Gasteiger partial charge in [0.15, 0.2) is 5.78 Å². The first-order valence-electron chi connectivity index (χ1n) is 4.54. The van der Waals surface area contributed by atoms with Crippen molar-refractivity contribution in [2.45, 2.75) is 6.42 Å². The minimum atomic E-state index is 0.149. The molecule has 1 aliphatic carbocycles. The molecule has 0 radical (unpaired) electrons. The lowest BCUT2D eigenvalue weighted by atomic mass is 10.0. The molecule has 2 aromatic carbocycles. The Morgan fingerprint density at radius 2 is 2.00 bits per heavy atom. The van der Waals surface area contributed by atoms with Crippen molar-refractivity contribution < 1.29 is 9.90 Å². The van der Waals surface area contributed by atoms with E-state index in [0.29, 0.717) is 6.42 Å². The lowest BCUT2D eigenvalue weighted by Gasteiger charge is -2.02. The van der Waals surface area contributed by atoms with Gasteiger partial charge in [-0.05, 0) is 23.1 Å². The van der Waals surface area contributed by atoms with Crippen LogP contribution in [0, 0.1) is 0 Å². The fourth-order valence-corrected chi connectivity index (χ4v) is 2.11. The lowest BCUT2D eigenvalue weighted by Crippen LogP contribution is -1.93. The van der Waals surface area contributed by atoms with Crippen molar-refractivity contribution in [2.75, 3.05) is 0 Å². The van der Waals surface area contributed by atoms with E-state index in [9.17, 15) is 9.90 Å². The van der Waals surface area contributed by atoms with E-state index in [4.69, 9.17) is 0 Å². The molecule has 0 saturated heterocycles. The summed E-state index contributed by atoms with van der Waals surface area (Å²) < 4.78 is 0. The van der Waals surface area contributed by atoms with Crippen LogP contribution < -0.4 is 0 Å². The number of hydrogen-bond donors (Lipinski definition) is 1. The lowest BCUT2D eigenvalue weighted by molar-refractivity contribution is 0.1000. The Morgan fingerprint density at radius 1 is 1.14 bits per heavy atom. The molecule has 0 unspecified atom stereocenters. The number of benzene rings is 2. The summed E-state index contributed by atoms with van der Waals surface area (Å²) >= 11 is 0. The van der Waals surface area contributed by atoms with E-state index in [1.807, 2.05) is 18.2 Å². The number of hydrogen-bond acceptors (Lipinski definition) is 2. The first kappa shape index (κ1) is 7.56. The van der Waals surface area contributed by atoms with Crippen molar-refractivity contribution in [3.63, 3.8) is 0 Å². The second-order valence-corrected chi connectivity index (χ2v) is 3.57. The van der Waals surface area contributed by atoms with Crippen LogP contribution in [0.25, 0.3) is 10.8 Å². The molecule has 1 aliphatic rings. The molecule has 0 amide bonds. The average molecular weight is 184 g/mol. The largest absolute Gasteiger partial charge is 0.507 e. The van der Waals surface area contributed by atoms with E-state index in [2.05, 4.69) is 0 Å². The molecule has 0 heterocycles. The Labute approximate surface area is 80.8 Å². The first-order chi connectivity index (χ1) is 6.77. The summed E-state index contributed by atoms with van der Waals surface area (Å²) in [5, 5.41) is 11.3. The Bertz CT molecular complexity index is 555. The number of aromatic hydroxyl groups is 1. The molecule has 0 aromatic heterocycles. The van der Waals surface area contributed by atoms with Gasteiger partial charge in [-0.1, -0.05) is 18.2 Å². The molecule has 2 aromatic rings. The van der Waals surface area contributed by atoms with Gasteiger partial charge in [0, 0.05) is 17.4 Å². The standard InChI is InChI=1S/C12H8O2/c13-10-5-4-9-11(14)6-7-2-1-3-8(10)12(7)9/h1-5,13H,6H2. The summed E-state index contributed by atoms with van der Waals surface area (Å²) in [6.45, 7) is 0. The number of rotatable bonds is 0. The fourth-order valence-electron chi connectivity index (χ4n) is 2.11. The molecular formula is C12H8O2. The average Bonchev–Trinajstić information content (AvgIpc) is 2.50. The highest BCUT2D eigenvalue weighted by Crippen LogP contribution is 2.35. The van der Waals surface area contributed by atoms with E-state index in [1.54, 1.807) is 12.1 Å². The summed E-state index contributed by atoms with van der Waals surface area (Å²) in [6, 6.07) is 8.95. The Balaban J connectivity index is 2.59. The number of carbonyl (C=O) groups is 1. The zero-order valence-electron chi connectivity index (χ0n) is 7.45. The Hall–Kier alpha value is -1.83.